The van der Waals surface area contributed by atoms with Gasteiger partial charge in [-0.15, -0.1) is 0 Å². The summed E-state index contributed by atoms with van der Waals surface area (Å²) < 4.78 is 38.9. The predicted octanol–water partition coefficient (Wildman–Crippen LogP) is 0.844. The van der Waals surface area contributed by atoms with Gasteiger partial charge in [-0.05, 0) is 0 Å². The first-order valence-corrected chi connectivity index (χ1v) is 4.43. The molecule has 1 heterocycles. The summed E-state index contributed by atoms with van der Waals surface area (Å²) in [5.74, 6) is -2.77. The quantitative estimate of drug-likeness (QED) is 0.777. The van der Waals surface area contributed by atoms with E-state index in [1.165, 1.54) is 12.4 Å². The Morgan fingerprint density at radius 1 is 1.47 bits per heavy atom. The smallest absolute Gasteiger partial charge is 0.458 e. The Kier molecular flexibility index (Phi) is 4.07. The van der Waals surface area contributed by atoms with E-state index in [-0.39, 0.29) is 12.4 Å². The lowest BCUT2D eigenvalue weighted by molar-refractivity contribution is -0.199. The molecule has 0 saturated heterocycles. The van der Waals surface area contributed by atoms with E-state index in [2.05, 4.69) is 20.0 Å². The van der Waals surface area contributed by atoms with Crippen molar-refractivity contribution in [1.29, 1.82) is 0 Å². The van der Waals surface area contributed by atoms with Gasteiger partial charge in [-0.1, -0.05) is 0 Å². The number of carbonyl (C=O) groups excluding carboxylic acids is 2. The second-order valence-corrected chi connectivity index (χ2v) is 2.87. The van der Waals surface area contributed by atoms with Crippen LogP contribution in [0.3, 0.4) is 0 Å². The number of hydrogen-bond donors (Lipinski definition) is 2. The van der Waals surface area contributed by atoms with Crippen molar-refractivity contribution in [3.8, 4) is 0 Å². The van der Waals surface area contributed by atoms with Crippen LogP contribution in [-0.4, -0.2) is 34.6 Å². The fourth-order valence-electron chi connectivity index (χ4n) is 0.846. The van der Waals surface area contributed by atoms with E-state index in [1.54, 1.807) is 0 Å². The maximum atomic E-state index is 11.7. The van der Waals surface area contributed by atoms with Crippen LogP contribution >= 0.6 is 0 Å². The number of ether oxygens (including phenoxy) is 1. The molecule has 1 amide bonds. The van der Waals surface area contributed by atoms with E-state index < -0.39 is 24.7 Å². The van der Waals surface area contributed by atoms with Gasteiger partial charge >= 0.3 is 12.1 Å². The van der Waals surface area contributed by atoms with Gasteiger partial charge in [0.15, 0.2) is 0 Å². The number of carbonyl (C=O) groups is 2. The minimum atomic E-state index is -5.04. The number of nitrogens with one attached hydrogen (secondary N) is 2. The number of hydrogen-bond acceptors (Lipinski definition) is 4. The predicted molar refractivity (Wildman–Crippen MR) is 48.8 cm³/mol. The van der Waals surface area contributed by atoms with Gasteiger partial charge in [0.2, 0.25) is 11.9 Å². The molecule has 2 N–H and O–H groups in total. The molecule has 0 radical (unpaired) electrons. The molecule has 17 heavy (non-hydrogen) atoms. The van der Waals surface area contributed by atoms with Gasteiger partial charge in [0.1, 0.15) is 6.61 Å². The Labute approximate surface area is 93.2 Å². The summed E-state index contributed by atoms with van der Waals surface area (Å²) >= 11 is 0. The number of rotatable bonds is 4. The molecule has 0 aliphatic rings. The molecule has 1 aromatic rings. The molecule has 0 spiro atoms. The van der Waals surface area contributed by atoms with Gasteiger partial charge in [0.25, 0.3) is 0 Å². The maximum absolute atomic E-state index is 11.7. The van der Waals surface area contributed by atoms with Crippen molar-refractivity contribution in [2.45, 2.75) is 12.6 Å². The van der Waals surface area contributed by atoms with Crippen molar-refractivity contribution in [2.75, 3.05) is 11.9 Å². The van der Waals surface area contributed by atoms with Crippen LogP contribution < -0.4 is 5.32 Å². The molecule has 6 nitrogen and oxygen atoms in total. The number of alkyl halides is 3. The van der Waals surface area contributed by atoms with Crippen LogP contribution in [0.25, 0.3) is 0 Å². The lowest BCUT2D eigenvalue weighted by Gasteiger charge is -2.06. The van der Waals surface area contributed by atoms with Gasteiger partial charge in [-0.25, -0.2) is 9.78 Å². The summed E-state index contributed by atoms with van der Waals surface area (Å²) in [5.41, 5.74) is 0. The van der Waals surface area contributed by atoms with Crippen molar-refractivity contribution < 1.29 is 27.5 Å². The SMILES string of the molecule is O=C(CCOC(=O)C(F)(F)F)Nc1ncc[nH]1. The van der Waals surface area contributed by atoms with E-state index in [9.17, 15) is 22.8 Å². The Balaban J connectivity index is 2.23. The molecule has 0 aliphatic carbocycles. The number of aromatic amines is 1. The van der Waals surface area contributed by atoms with Crippen LogP contribution in [0.2, 0.25) is 0 Å². The van der Waals surface area contributed by atoms with E-state index in [1.807, 2.05) is 0 Å². The fourth-order valence-corrected chi connectivity index (χ4v) is 0.846. The summed E-state index contributed by atoms with van der Waals surface area (Å²) in [5, 5.41) is 2.26. The number of halogens is 3. The molecule has 9 heteroatoms. The molecule has 0 bridgehead atoms. The number of amides is 1. The number of anilines is 1. The average molecular weight is 251 g/mol. The van der Waals surface area contributed by atoms with E-state index in [0.29, 0.717) is 0 Å². The standard InChI is InChI=1S/C8H8F3N3O3/c9-8(10,11)6(16)17-4-1-5(15)14-7-12-2-3-13-7/h2-3H,1,4H2,(H2,12,13,14,15). The van der Waals surface area contributed by atoms with Gasteiger partial charge in [-0.3, -0.25) is 10.1 Å². The van der Waals surface area contributed by atoms with E-state index >= 15 is 0 Å². The third-order valence-corrected chi connectivity index (χ3v) is 1.55. The summed E-state index contributed by atoms with van der Waals surface area (Å²) in [4.78, 5) is 27.6. The Bertz CT molecular complexity index is 388. The minimum absolute atomic E-state index is 0.164. The largest absolute Gasteiger partial charge is 0.490 e. The van der Waals surface area contributed by atoms with Crippen LogP contribution in [0.5, 0.6) is 0 Å². The van der Waals surface area contributed by atoms with Crippen LogP contribution in [0.1, 0.15) is 6.42 Å². The molecule has 0 aromatic carbocycles. The van der Waals surface area contributed by atoms with Gasteiger partial charge in [0.05, 0.1) is 6.42 Å². The number of H-pyrrole nitrogens is 1. The molecule has 1 rings (SSSR count). The first-order chi connectivity index (χ1) is 7.89. The van der Waals surface area contributed by atoms with E-state index in [4.69, 9.17) is 0 Å². The topological polar surface area (TPSA) is 84.1 Å². The van der Waals surface area contributed by atoms with Gasteiger partial charge in [-0.2, -0.15) is 13.2 Å². The second kappa shape index (κ2) is 5.32. The molecular formula is C8H8F3N3O3. The minimum Gasteiger partial charge on any atom is -0.458 e. The first-order valence-electron chi connectivity index (χ1n) is 4.43. The van der Waals surface area contributed by atoms with Crippen LogP contribution in [-0.2, 0) is 14.3 Å². The van der Waals surface area contributed by atoms with Crippen LogP contribution in [0.4, 0.5) is 19.1 Å². The summed E-state index contributed by atoms with van der Waals surface area (Å²) in [6.07, 6.45) is -2.58. The molecule has 0 aliphatic heterocycles. The molecule has 0 saturated carbocycles. The number of nitrogens with zero attached hydrogens (tertiary/aromatic N) is 1. The molecule has 94 valence electrons. The highest BCUT2D eigenvalue weighted by molar-refractivity contribution is 5.89. The summed E-state index contributed by atoms with van der Waals surface area (Å²) in [6.45, 7) is -0.648. The summed E-state index contributed by atoms with van der Waals surface area (Å²) in [6, 6.07) is 0. The fraction of sp³-hybridized carbons (Fsp3) is 0.375. The zero-order valence-corrected chi connectivity index (χ0v) is 8.37. The summed E-state index contributed by atoms with van der Waals surface area (Å²) in [7, 11) is 0. The number of imidazole rings is 1. The normalized spacial score (nSPS) is 11.0. The Hall–Kier alpha value is -2.06. The highest BCUT2D eigenvalue weighted by atomic mass is 19.4. The van der Waals surface area contributed by atoms with Crippen LogP contribution in [0.15, 0.2) is 12.4 Å². The molecule has 0 atom stereocenters. The monoisotopic (exact) mass is 251 g/mol. The van der Waals surface area contributed by atoms with Crippen molar-refractivity contribution >= 4 is 17.8 Å². The highest BCUT2D eigenvalue weighted by Gasteiger charge is 2.40. The molecule has 1 aromatic heterocycles. The third-order valence-electron chi connectivity index (χ3n) is 1.55. The van der Waals surface area contributed by atoms with Crippen molar-refractivity contribution in [1.82, 2.24) is 9.97 Å². The Morgan fingerprint density at radius 2 is 2.18 bits per heavy atom. The maximum Gasteiger partial charge on any atom is 0.490 e. The number of esters is 1. The molecule has 0 unspecified atom stereocenters. The van der Waals surface area contributed by atoms with E-state index in [0.717, 1.165) is 0 Å². The molecule has 0 fully saturated rings. The average Bonchev–Trinajstić information content (AvgIpc) is 2.68. The lowest BCUT2D eigenvalue weighted by Crippen LogP contribution is -2.27. The van der Waals surface area contributed by atoms with Crippen LogP contribution in [0, 0.1) is 0 Å². The lowest BCUT2D eigenvalue weighted by atomic mass is 10.4. The third kappa shape index (κ3) is 4.53. The molecular weight excluding hydrogens is 243 g/mol. The highest BCUT2D eigenvalue weighted by Crippen LogP contribution is 2.16. The zero-order chi connectivity index (χ0) is 12.9. The second-order valence-electron chi connectivity index (χ2n) is 2.87. The zero-order valence-electron chi connectivity index (χ0n) is 8.37. The van der Waals surface area contributed by atoms with Crippen molar-refractivity contribution in [3.05, 3.63) is 12.4 Å². The Morgan fingerprint density at radius 3 is 2.71 bits per heavy atom. The van der Waals surface area contributed by atoms with Crippen molar-refractivity contribution in [2.24, 2.45) is 0 Å². The first kappa shape index (κ1) is 13.0. The van der Waals surface area contributed by atoms with Gasteiger partial charge in [0, 0.05) is 12.4 Å². The number of aromatic nitrogens is 2. The van der Waals surface area contributed by atoms with Gasteiger partial charge < -0.3 is 9.72 Å². The van der Waals surface area contributed by atoms with Crippen molar-refractivity contribution in [3.63, 3.8) is 0 Å².